The van der Waals surface area contributed by atoms with Crippen LogP contribution in [0.5, 0.6) is 0 Å². The second-order valence-electron chi connectivity index (χ2n) is 2.70. The molecule has 60 valence electrons. The van der Waals surface area contributed by atoms with E-state index in [0.717, 1.165) is 12.6 Å². The Morgan fingerprint density at radius 1 is 1.40 bits per heavy atom. The number of hydrogen-bond donors (Lipinski definition) is 0. The maximum atomic E-state index is 3.71. The molecule has 0 saturated heterocycles. The average Bonchev–Trinajstić information content (AvgIpc) is 1.91. The van der Waals surface area contributed by atoms with Gasteiger partial charge in [0.25, 0.3) is 0 Å². The highest BCUT2D eigenvalue weighted by atomic mass is 15.1. The standard InChI is InChI=1S/C9H19N/c1-5-8-10(4)9(6-2)7-3/h5,9H,1,6-8H2,2-4H3. The Morgan fingerprint density at radius 2 is 1.90 bits per heavy atom. The Labute approximate surface area is 64.7 Å². The quantitative estimate of drug-likeness (QED) is 0.531. The third-order valence-electron chi connectivity index (χ3n) is 1.98. The van der Waals surface area contributed by atoms with Crippen LogP contribution in [0.25, 0.3) is 0 Å². The lowest BCUT2D eigenvalue weighted by molar-refractivity contribution is 0.253. The van der Waals surface area contributed by atoms with Crippen LogP contribution < -0.4 is 0 Å². The van der Waals surface area contributed by atoms with E-state index in [1.54, 1.807) is 0 Å². The SMILES string of the molecule is C=CCN(C)C(CC)CC. The normalized spacial score (nSPS) is 10.9. The fraction of sp³-hybridized carbons (Fsp3) is 0.778. The van der Waals surface area contributed by atoms with E-state index in [-0.39, 0.29) is 0 Å². The molecule has 0 atom stereocenters. The lowest BCUT2D eigenvalue weighted by Crippen LogP contribution is -2.30. The first kappa shape index (κ1) is 9.70. The monoisotopic (exact) mass is 141 g/mol. The summed E-state index contributed by atoms with van der Waals surface area (Å²) in [6, 6.07) is 0.734. The van der Waals surface area contributed by atoms with Gasteiger partial charge in [-0.15, -0.1) is 6.58 Å². The van der Waals surface area contributed by atoms with E-state index in [9.17, 15) is 0 Å². The van der Waals surface area contributed by atoms with Crippen LogP contribution in [0.4, 0.5) is 0 Å². The van der Waals surface area contributed by atoms with E-state index in [0.29, 0.717) is 0 Å². The van der Waals surface area contributed by atoms with Crippen molar-refractivity contribution in [3.63, 3.8) is 0 Å². The van der Waals surface area contributed by atoms with Gasteiger partial charge in [-0.2, -0.15) is 0 Å². The minimum absolute atomic E-state index is 0.734. The topological polar surface area (TPSA) is 3.24 Å². The minimum atomic E-state index is 0.734. The van der Waals surface area contributed by atoms with Crippen LogP contribution in [-0.4, -0.2) is 24.5 Å². The van der Waals surface area contributed by atoms with Gasteiger partial charge in [0.1, 0.15) is 0 Å². The molecule has 0 bridgehead atoms. The molecule has 0 spiro atoms. The van der Waals surface area contributed by atoms with Gasteiger partial charge in [-0.1, -0.05) is 19.9 Å². The highest BCUT2D eigenvalue weighted by molar-refractivity contribution is 4.75. The molecular formula is C9H19N. The first-order valence-corrected chi connectivity index (χ1v) is 4.07. The van der Waals surface area contributed by atoms with Crippen LogP contribution in [0.3, 0.4) is 0 Å². The predicted molar refractivity (Wildman–Crippen MR) is 47.2 cm³/mol. The molecule has 0 unspecified atom stereocenters. The number of rotatable bonds is 5. The Hall–Kier alpha value is -0.300. The summed E-state index contributed by atoms with van der Waals surface area (Å²) in [5.74, 6) is 0. The van der Waals surface area contributed by atoms with Gasteiger partial charge in [0, 0.05) is 12.6 Å². The van der Waals surface area contributed by atoms with Crippen molar-refractivity contribution in [2.24, 2.45) is 0 Å². The van der Waals surface area contributed by atoms with Gasteiger partial charge in [-0.3, -0.25) is 4.90 Å². The molecule has 1 nitrogen and oxygen atoms in total. The first-order valence-electron chi connectivity index (χ1n) is 4.07. The molecule has 0 aliphatic heterocycles. The average molecular weight is 141 g/mol. The molecule has 0 saturated carbocycles. The zero-order chi connectivity index (χ0) is 7.98. The molecule has 0 aromatic rings. The highest BCUT2D eigenvalue weighted by Gasteiger charge is 2.06. The highest BCUT2D eigenvalue weighted by Crippen LogP contribution is 2.04. The smallest absolute Gasteiger partial charge is 0.0160 e. The molecule has 0 N–H and O–H groups in total. The van der Waals surface area contributed by atoms with Crippen molar-refractivity contribution in [3.8, 4) is 0 Å². The summed E-state index contributed by atoms with van der Waals surface area (Å²) < 4.78 is 0. The van der Waals surface area contributed by atoms with Crippen LogP contribution >= 0.6 is 0 Å². The van der Waals surface area contributed by atoms with Crippen LogP contribution in [-0.2, 0) is 0 Å². The van der Waals surface area contributed by atoms with Crippen molar-refractivity contribution in [3.05, 3.63) is 12.7 Å². The van der Waals surface area contributed by atoms with E-state index in [1.807, 2.05) is 6.08 Å². The molecule has 0 aromatic heterocycles. The largest absolute Gasteiger partial charge is 0.300 e. The van der Waals surface area contributed by atoms with Crippen molar-refractivity contribution in [2.45, 2.75) is 32.7 Å². The molecule has 0 aromatic carbocycles. The van der Waals surface area contributed by atoms with E-state index in [2.05, 4.69) is 32.4 Å². The Balaban J connectivity index is 3.63. The van der Waals surface area contributed by atoms with E-state index < -0.39 is 0 Å². The number of hydrogen-bond acceptors (Lipinski definition) is 1. The summed E-state index contributed by atoms with van der Waals surface area (Å²) in [7, 11) is 2.15. The third kappa shape index (κ3) is 3.02. The van der Waals surface area contributed by atoms with Crippen LogP contribution in [0.2, 0.25) is 0 Å². The van der Waals surface area contributed by atoms with E-state index in [4.69, 9.17) is 0 Å². The molecule has 10 heavy (non-hydrogen) atoms. The van der Waals surface area contributed by atoms with Gasteiger partial charge in [0.05, 0.1) is 0 Å². The molecule has 0 radical (unpaired) electrons. The maximum Gasteiger partial charge on any atom is 0.0160 e. The summed E-state index contributed by atoms with van der Waals surface area (Å²) in [6.45, 7) is 9.18. The Bertz CT molecular complexity index is 84.7. The number of nitrogens with zero attached hydrogens (tertiary/aromatic N) is 1. The second kappa shape index (κ2) is 5.48. The number of likely N-dealkylation sites (N-methyl/N-ethyl adjacent to an activating group) is 1. The lowest BCUT2D eigenvalue weighted by Gasteiger charge is -2.24. The fourth-order valence-electron chi connectivity index (χ4n) is 1.26. The van der Waals surface area contributed by atoms with Gasteiger partial charge in [-0.25, -0.2) is 0 Å². The van der Waals surface area contributed by atoms with Crippen LogP contribution in [0.15, 0.2) is 12.7 Å². The fourth-order valence-corrected chi connectivity index (χ4v) is 1.26. The van der Waals surface area contributed by atoms with Crippen LogP contribution in [0, 0.1) is 0 Å². The molecule has 0 rings (SSSR count). The molecular weight excluding hydrogens is 122 g/mol. The van der Waals surface area contributed by atoms with Crippen molar-refractivity contribution in [2.75, 3.05) is 13.6 Å². The van der Waals surface area contributed by atoms with Crippen molar-refractivity contribution < 1.29 is 0 Å². The molecule has 0 aliphatic rings. The third-order valence-corrected chi connectivity index (χ3v) is 1.98. The van der Waals surface area contributed by atoms with Gasteiger partial charge in [0.15, 0.2) is 0 Å². The zero-order valence-corrected chi connectivity index (χ0v) is 7.43. The lowest BCUT2D eigenvalue weighted by atomic mass is 10.1. The molecule has 1 heteroatoms. The Kier molecular flexibility index (Phi) is 5.32. The molecule has 0 heterocycles. The first-order chi connectivity index (χ1) is 4.76. The van der Waals surface area contributed by atoms with E-state index in [1.165, 1.54) is 12.8 Å². The van der Waals surface area contributed by atoms with Gasteiger partial charge >= 0.3 is 0 Å². The summed E-state index contributed by atoms with van der Waals surface area (Å²) >= 11 is 0. The molecule has 0 aliphatic carbocycles. The van der Waals surface area contributed by atoms with Gasteiger partial charge < -0.3 is 0 Å². The summed E-state index contributed by atoms with van der Waals surface area (Å²) in [6.07, 6.45) is 4.43. The van der Waals surface area contributed by atoms with Gasteiger partial charge in [0.2, 0.25) is 0 Å². The minimum Gasteiger partial charge on any atom is -0.300 e. The van der Waals surface area contributed by atoms with Crippen molar-refractivity contribution >= 4 is 0 Å². The molecule has 0 fully saturated rings. The van der Waals surface area contributed by atoms with Crippen LogP contribution in [0.1, 0.15) is 26.7 Å². The Morgan fingerprint density at radius 3 is 2.20 bits per heavy atom. The predicted octanol–water partition coefficient (Wildman–Crippen LogP) is 2.29. The van der Waals surface area contributed by atoms with Crippen molar-refractivity contribution in [1.82, 2.24) is 4.90 Å². The maximum absolute atomic E-state index is 3.71. The summed E-state index contributed by atoms with van der Waals surface area (Å²) in [4.78, 5) is 2.34. The second-order valence-corrected chi connectivity index (χ2v) is 2.70. The van der Waals surface area contributed by atoms with Gasteiger partial charge in [-0.05, 0) is 19.9 Å². The zero-order valence-electron chi connectivity index (χ0n) is 7.43. The van der Waals surface area contributed by atoms with E-state index >= 15 is 0 Å². The summed E-state index contributed by atoms with van der Waals surface area (Å²) in [5, 5.41) is 0. The summed E-state index contributed by atoms with van der Waals surface area (Å²) in [5.41, 5.74) is 0. The van der Waals surface area contributed by atoms with Crippen molar-refractivity contribution in [1.29, 1.82) is 0 Å². The molecule has 0 amide bonds.